The van der Waals surface area contributed by atoms with Crippen LogP contribution >= 0.6 is 26.5 Å². The Balaban J connectivity index is 1.83. The molecule has 11 nitrogen and oxygen atoms in total. The Labute approximate surface area is 227 Å². The first-order valence-electron chi connectivity index (χ1n) is 11.2. The molecule has 0 bridgehead atoms. The van der Waals surface area contributed by atoms with Crippen molar-refractivity contribution in [3.63, 3.8) is 0 Å². The molecule has 0 fully saturated rings. The molecule has 222 valence electrons. The lowest BCUT2D eigenvalue weighted by Gasteiger charge is -2.28. The molecule has 0 saturated heterocycles. The largest absolute Gasteiger partial charge is 0.494 e. The Bertz CT molecular complexity index is 1390. The summed E-state index contributed by atoms with van der Waals surface area (Å²) >= 11 is 1.17. The molecule has 0 spiro atoms. The minimum absolute atomic E-state index is 0.103. The fraction of sp³-hybridized carbons (Fsp3) is 0.450. The maximum atomic E-state index is 12.8. The summed E-state index contributed by atoms with van der Waals surface area (Å²) < 4.78 is 113. The lowest BCUT2D eigenvalue weighted by atomic mass is 10.3. The standard InChI is InChI=1S/C20H23F6N5O6P2S/c1-2-36-12-3-5-13(6-4-12)40-16-14-15(29-17(27)30-16)31(11-28-14)7-8-37-18(38(32,33)9-19(21,22)23)39(34,35)10-20(24,25)26/h3-6,11,18H,2,7-10H2,1H3,(H,32,33)(H,34,35)(H2,27,29,30). The van der Waals surface area contributed by atoms with Gasteiger partial charge in [-0.3, -0.25) is 9.13 Å². The minimum Gasteiger partial charge on any atom is -0.494 e. The van der Waals surface area contributed by atoms with Gasteiger partial charge in [-0.25, -0.2) is 9.97 Å². The fourth-order valence-electron chi connectivity index (χ4n) is 3.49. The van der Waals surface area contributed by atoms with Crippen LogP contribution in [0.1, 0.15) is 6.92 Å². The van der Waals surface area contributed by atoms with E-state index < -0.39 is 58.2 Å². The summed E-state index contributed by atoms with van der Waals surface area (Å²) in [5.41, 5.74) is 3.00. The number of fused-ring (bicyclic) bond motifs is 1. The second kappa shape index (κ2) is 12.2. The van der Waals surface area contributed by atoms with Crippen molar-refractivity contribution in [1.29, 1.82) is 0 Å². The first kappa shape index (κ1) is 32.2. The molecule has 2 unspecified atom stereocenters. The van der Waals surface area contributed by atoms with E-state index in [0.29, 0.717) is 17.4 Å². The van der Waals surface area contributed by atoms with Crippen molar-refractivity contribution in [1.82, 2.24) is 19.5 Å². The second-order valence-corrected chi connectivity index (χ2v) is 14.3. The van der Waals surface area contributed by atoms with E-state index in [2.05, 4.69) is 15.0 Å². The molecule has 2 atom stereocenters. The number of ether oxygens (including phenoxy) is 2. The summed E-state index contributed by atoms with van der Waals surface area (Å²) in [4.78, 5) is 32.8. The lowest BCUT2D eigenvalue weighted by Crippen LogP contribution is -2.27. The highest BCUT2D eigenvalue weighted by Gasteiger charge is 2.54. The highest BCUT2D eigenvalue weighted by molar-refractivity contribution is 7.99. The number of aromatic nitrogens is 4. The monoisotopic (exact) mass is 637 g/mol. The first-order valence-corrected chi connectivity index (χ1v) is 15.8. The zero-order valence-electron chi connectivity index (χ0n) is 20.5. The van der Waals surface area contributed by atoms with Gasteiger partial charge in [-0.15, -0.1) is 0 Å². The molecule has 4 N–H and O–H groups in total. The van der Waals surface area contributed by atoms with E-state index in [0.717, 1.165) is 4.90 Å². The van der Waals surface area contributed by atoms with Gasteiger partial charge in [0, 0.05) is 11.4 Å². The number of hydrogen-bond acceptors (Lipinski definition) is 9. The van der Waals surface area contributed by atoms with Crippen LogP contribution in [0.15, 0.2) is 40.5 Å². The van der Waals surface area contributed by atoms with Gasteiger partial charge in [0.05, 0.1) is 19.5 Å². The van der Waals surface area contributed by atoms with E-state index in [9.17, 15) is 45.3 Å². The third-order valence-corrected chi connectivity index (χ3v) is 11.4. The third-order valence-electron chi connectivity index (χ3n) is 4.90. The zero-order valence-corrected chi connectivity index (χ0v) is 23.1. The number of alkyl halides is 6. The van der Waals surface area contributed by atoms with E-state index in [1.807, 2.05) is 6.92 Å². The van der Waals surface area contributed by atoms with E-state index in [-0.39, 0.29) is 17.1 Å². The molecular formula is C20H23F6N5O6P2S. The van der Waals surface area contributed by atoms with Gasteiger partial charge in [0.1, 0.15) is 28.6 Å². The summed E-state index contributed by atoms with van der Waals surface area (Å²) in [5, 5.41) is 0.319. The minimum atomic E-state index is -5.79. The van der Waals surface area contributed by atoms with E-state index in [4.69, 9.17) is 15.2 Å². The van der Waals surface area contributed by atoms with Crippen molar-refractivity contribution in [3.05, 3.63) is 30.6 Å². The van der Waals surface area contributed by atoms with Crippen LogP contribution in [-0.4, -0.2) is 72.8 Å². The number of rotatable bonds is 12. The van der Waals surface area contributed by atoms with Crippen molar-refractivity contribution in [3.8, 4) is 5.75 Å². The highest BCUT2D eigenvalue weighted by Crippen LogP contribution is 2.67. The highest BCUT2D eigenvalue weighted by atomic mass is 32.2. The maximum Gasteiger partial charge on any atom is 0.398 e. The number of benzene rings is 1. The Morgan fingerprint density at radius 1 is 1.02 bits per heavy atom. The molecule has 0 saturated carbocycles. The van der Waals surface area contributed by atoms with Crippen LogP contribution in [0.4, 0.5) is 32.3 Å². The first-order chi connectivity index (χ1) is 18.4. The zero-order chi connectivity index (χ0) is 29.9. The van der Waals surface area contributed by atoms with Crippen molar-refractivity contribution >= 4 is 43.6 Å². The number of hydrogen-bond donors (Lipinski definition) is 3. The Hall–Kier alpha value is -2.36. The number of nitrogens with two attached hydrogens (primary N) is 1. The third kappa shape index (κ3) is 8.82. The van der Waals surface area contributed by atoms with Crippen LogP contribution in [-0.2, 0) is 20.4 Å². The molecule has 0 aliphatic rings. The van der Waals surface area contributed by atoms with Crippen LogP contribution in [0.25, 0.3) is 11.2 Å². The summed E-state index contributed by atoms with van der Waals surface area (Å²) in [6.45, 7) is 1.08. The van der Waals surface area contributed by atoms with Crippen LogP contribution in [0.3, 0.4) is 0 Å². The summed E-state index contributed by atoms with van der Waals surface area (Å²) in [7, 11) is -11.6. The van der Waals surface area contributed by atoms with Crippen molar-refractivity contribution in [2.45, 2.75) is 41.3 Å². The SMILES string of the molecule is CCOc1ccc(Sc2nc(N)nc3c2ncn3CCOC(P(=O)(O)CC(F)(F)F)P(=O)(O)CC(F)(F)F)cc1. The van der Waals surface area contributed by atoms with E-state index in [1.165, 1.54) is 22.7 Å². The topological polar surface area (TPSA) is 163 Å². The number of nitrogens with zero attached hydrogens (tertiary/aromatic N) is 4. The van der Waals surface area contributed by atoms with Crippen LogP contribution in [0.5, 0.6) is 5.75 Å². The van der Waals surface area contributed by atoms with Gasteiger partial charge in [0.15, 0.2) is 5.65 Å². The number of anilines is 1. The molecule has 20 heteroatoms. The number of imidazole rings is 1. The van der Waals surface area contributed by atoms with Gasteiger partial charge in [-0.05, 0) is 31.2 Å². The molecule has 0 aliphatic carbocycles. The normalized spacial score (nSPS) is 16.4. The number of halogens is 6. The van der Waals surface area contributed by atoms with Crippen molar-refractivity contribution in [2.75, 3.05) is 31.3 Å². The van der Waals surface area contributed by atoms with Gasteiger partial charge in [-0.1, -0.05) is 11.8 Å². The molecule has 0 amide bonds. The Morgan fingerprint density at radius 3 is 2.12 bits per heavy atom. The molecular weight excluding hydrogens is 614 g/mol. The van der Waals surface area contributed by atoms with Crippen molar-refractivity contribution < 1.29 is 54.7 Å². The molecule has 1 aromatic carbocycles. The van der Waals surface area contributed by atoms with Crippen LogP contribution in [0, 0.1) is 0 Å². The Morgan fingerprint density at radius 2 is 1.60 bits per heavy atom. The van der Waals surface area contributed by atoms with E-state index >= 15 is 0 Å². The summed E-state index contributed by atoms with van der Waals surface area (Å²) in [5.74, 6) is 0.462. The number of nitrogen functional groups attached to an aromatic ring is 1. The van der Waals surface area contributed by atoms with Crippen LogP contribution in [0.2, 0.25) is 0 Å². The van der Waals surface area contributed by atoms with Gasteiger partial charge in [0.2, 0.25) is 26.3 Å². The smallest absolute Gasteiger partial charge is 0.398 e. The van der Waals surface area contributed by atoms with Crippen molar-refractivity contribution in [2.24, 2.45) is 0 Å². The average molecular weight is 637 g/mol. The fourth-order valence-corrected chi connectivity index (χ4v) is 9.13. The van der Waals surface area contributed by atoms with Crippen LogP contribution < -0.4 is 10.5 Å². The van der Waals surface area contributed by atoms with E-state index in [1.54, 1.807) is 24.3 Å². The van der Waals surface area contributed by atoms with Gasteiger partial charge < -0.3 is 29.6 Å². The summed E-state index contributed by atoms with van der Waals surface area (Å²) in [6.07, 6.45) is -14.5. The van der Waals surface area contributed by atoms with Gasteiger partial charge in [0.25, 0.3) is 0 Å². The molecule has 0 radical (unpaired) electrons. The summed E-state index contributed by atoms with van der Waals surface area (Å²) in [6, 6.07) is 6.98. The molecule has 3 rings (SSSR count). The molecule has 2 aromatic heterocycles. The van der Waals surface area contributed by atoms with Gasteiger partial charge >= 0.3 is 12.4 Å². The van der Waals surface area contributed by atoms with Gasteiger partial charge in [-0.2, -0.15) is 31.3 Å². The average Bonchev–Trinajstić information content (AvgIpc) is 3.17. The predicted molar refractivity (Wildman–Crippen MR) is 133 cm³/mol. The second-order valence-electron chi connectivity index (χ2n) is 8.26. The maximum absolute atomic E-state index is 12.8. The molecule has 40 heavy (non-hydrogen) atoms. The molecule has 2 heterocycles. The molecule has 3 aromatic rings. The lowest BCUT2D eigenvalue weighted by molar-refractivity contribution is -0.108. The quantitative estimate of drug-likeness (QED) is 0.140. The predicted octanol–water partition coefficient (Wildman–Crippen LogP) is 4.92. The molecule has 0 aliphatic heterocycles. The Kier molecular flexibility index (Phi) is 9.85.